The second-order valence-corrected chi connectivity index (χ2v) is 4.55. The third-order valence-corrected chi connectivity index (χ3v) is 3.10. The van der Waals surface area contributed by atoms with Crippen molar-refractivity contribution >= 4 is 5.69 Å². The van der Waals surface area contributed by atoms with Crippen molar-refractivity contribution < 1.29 is 4.74 Å². The molecule has 2 atom stereocenters. The van der Waals surface area contributed by atoms with E-state index < -0.39 is 0 Å². The first kappa shape index (κ1) is 10.5. The average Bonchev–Trinajstić information content (AvgIpc) is 2.18. The number of anilines is 1. The number of aryl methyl sites for hydroxylation is 2. The number of fused-ring (bicyclic) bond motifs is 1. The third-order valence-electron chi connectivity index (χ3n) is 3.10. The maximum atomic E-state index is 5.56. The van der Waals surface area contributed by atoms with E-state index >= 15 is 0 Å². The number of nitrogens with one attached hydrogen (secondary N) is 1. The van der Waals surface area contributed by atoms with E-state index in [0.717, 1.165) is 6.42 Å². The monoisotopic (exact) mass is 205 g/mol. The van der Waals surface area contributed by atoms with Crippen LogP contribution in [0.25, 0.3) is 0 Å². The molecule has 1 aliphatic heterocycles. The molecule has 0 aromatic heterocycles. The van der Waals surface area contributed by atoms with Crippen molar-refractivity contribution in [2.24, 2.45) is 0 Å². The van der Waals surface area contributed by atoms with Crippen LogP contribution in [0.15, 0.2) is 12.1 Å². The number of hydrogen-bond acceptors (Lipinski definition) is 2. The van der Waals surface area contributed by atoms with Crippen LogP contribution in [0.1, 0.15) is 36.1 Å². The van der Waals surface area contributed by atoms with E-state index in [9.17, 15) is 0 Å². The molecule has 1 aromatic rings. The summed E-state index contributed by atoms with van der Waals surface area (Å²) >= 11 is 0. The molecule has 2 nitrogen and oxygen atoms in total. The molecule has 0 aliphatic carbocycles. The van der Waals surface area contributed by atoms with Gasteiger partial charge in [0.15, 0.2) is 0 Å². The molecule has 0 saturated heterocycles. The summed E-state index contributed by atoms with van der Waals surface area (Å²) in [7, 11) is 1.80. The molecular weight excluding hydrogens is 186 g/mol. The lowest BCUT2D eigenvalue weighted by Crippen LogP contribution is -2.27. The van der Waals surface area contributed by atoms with Gasteiger partial charge < -0.3 is 10.1 Å². The summed E-state index contributed by atoms with van der Waals surface area (Å²) in [5.41, 5.74) is 5.21. The number of benzene rings is 1. The van der Waals surface area contributed by atoms with Gasteiger partial charge in [-0.1, -0.05) is 17.7 Å². The molecule has 2 unspecified atom stereocenters. The molecule has 0 radical (unpaired) electrons. The van der Waals surface area contributed by atoms with E-state index in [1.807, 2.05) is 0 Å². The molecule has 1 N–H and O–H groups in total. The highest BCUT2D eigenvalue weighted by atomic mass is 16.5. The predicted molar refractivity (Wildman–Crippen MR) is 63.4 cm³/mol. The predicted octanol–water partition coefficient (Wildman–Crippen LogP) is 3.20. The highest BCUT2D eigenvalue weighted by Crippen LogP contribution is 2.37. The largest absolute Gasteiger partial charge is 0.382 e. The fourth-order valence-corrected chi connectivity index (χ4v) is 2.43. The Kier molecular flexibility index (Phi) is 2.70. The zero-order valence-electron chi connectivity index (χ0n) is 9.92. The van der Waals surface area contributed by atoms with Crippen LogP contribution >= 0.6 is 0 Å². The van der Waals surface area contributed by atoms with Gasteiger partial charge in [-0.15, -0.1) is 0 Å². The minimum atomic E-state index is 0.245. The summed E-state index contributed by atoms with van der Waals surface area (Å²) in [6.45, 7) is 6.50. The molecule has 1 heterocycles. The number of rotatable bonds is 1. The lowest BCUT2D eigenvalue weighted by Gasteiger charge is -2.32. The molecule has 1 aromatic carbocycles. The number of hydrogen-bond donors (Lipinski definition) is 1. The lowest BCUT2D eigenvalue weighted by molar-refractivity contribution is 0.0893. The minimum absolute atomic E-state index is 0.245. The van der Waals surface area contributed by atoms with E-state index in [1.54, 1.807) is 7.11 Å². The standard InChI is InChI=1S/C13H19NO/c1-8-5-9(2)13-11(6-8)12(15-4)7-10(3)14-13/h5-6,10,12,14H,7H2,1-4H3. The SMILES string of the molecule is COC1CC(C)Nc2c(C)cc(C)cc21. The van der Waals surface area contributed by atoms with Crippen molar-refractivity contribution in [1.82, 2.24) is 0 Å². The Labute approximate surface area is 91.6 Å². The van der Waals surface area contributed by atoms with Gasteiger partial charge in [-0.25, -0.2) is 0 Å². The molecule has 0 amide bonds. The normalized spacial score (nSPS) is 24.5. The van der Waals surface area contributed by atoms with Crippen LogP contribution in [0.5, 0.6) is 0 Å². The summed E-state index contributed by atoms with van der Waals surface area (Å²) in [6.07, 6.45) is 1.29. The second kappa shape index (κ2) is 3.86. The molecule has 0 fully saturated rings. The topological polar surface area (TPSA) is 21.3 Å². The molecule has 0 bridgehead atoms. The van der Waals surface area contributed by atoms with Crippen LogP contribution < -0.4 is 5.32 Å². The van der Waals surface area contributed by atoms with E-state index in [1.165, 1.54) is 22.4 Å². The van der Waals surface area contributed by atoms with E-state index in [-0.39, 0.29) is 6.10 Å². The maximum absolute atomic E-state index is 5.56. The van der Waals surface area contributed by atoms with Gasteiger partial charge in [-0.3, -0.25) is 0 Å². The van der Waals surface area contributed by atoms with Gasteiger partial charge in [0.05, 0.1) is 6.10 Å². The molecule has 2 rings (SSSR count). The summed E-state index contributed by atoms with van der Waals surface area (Å²) in [5.74, 6) is 0. The molecule has 0 spiro atoms. The van der Waals surface area contributed by atoms with Crippen molar-refractivity contribution in [3.8, 4) is 0 Å². The molecule has 1 aliphatic rings. The minimum Gasteiger partial charge on any atom is -0.382 e. The van der Waals surface area contributed by atoms with Crippen LogP contribution in [-0.4, -0.2) is 13.2 Å². The first-order valence-corrected chi connectivity index (χ1v) is 5.52. The quantitative estimate of drug-likeness (QED) is 0.760. The zero-order chi connectivity index (χ0) is 11.0. The Morgan fingerprint density at radius 1 is 1.33 bits per heavy atom. The van der Waals surface area contributed by atoms with Crippen LogP contribution in [0.2, 0.25) is 0 Å². The first-order chi connectivity index (χ1) is 7.11. The highest BCUT2D eigenvalue weighted by molar-refractivity contribution is 5.61. The van der Waals surface area contributed by atoms with E-state index in [4.69, 9.17) is 4.74 Å². The number of methoxy groups -OCH3 is 1. The van der Waals surface area contributed by atoms with E-state index in [0.29, 0.717) is 6.04 Å². The zero-order valence-corrected chi connectivity index (χ0v) is 9.92. The molecule has 2 heteroatoms. The van der Waals surface area contributed by atoms with Crippen molar-refractivity contribution in [1.29, 1.82) is 0 Å². The highest BCUT2D eigenvalue weighted by Gasteiger charge is 2.25. The fourth-order valence-electron chi connectivity index (χ4n) is 2.43. The summed E-state index contributed by atoms with van der Waals surface area (Å²) in [5, 5.41) is 3.54. The second-order valence-electron chi connectivity index (χ2n) is 4.55. The number of ether oxygens (including phenoxy) is 1. The van der Waals surface area contributed by atoms with Crippen molar-refractivity contribution in [2.75, 3.05) is 12.4 Å². The van der Waals surface area contributed by atoms with Gasteiger partial charge in [0.1, 0.15) is 0 Å². The molecule has 15 heavy (non-hydrogen) atoms. The Morgan fingerprint density at radius 3 is 2.73 bits per heavy atom. The summed E-state index contributed by atoms with van der Waals surface area (Å²) in [6, 6.07) is 4.94. The van der Waals surface area contributed by atoms with Gasteiger partial charge in [0.2, 0.25) is 0 Å². The molecule has 0 saturated carbocycles. The van der Waals surface area contributed by atoms with Crippen molar-refractivity contribution in [3.63, 3.8) is 0 Å². The summed E-state index contributed by atoms with van der Waals surface area (Å²) in [4.78, 5) is 0. The first-order valence-electron chi connectivity index (χ1n) is 5.52. The Hall–Kier alpha value is -1.02. The van der Waals surface area contributed by atoms with Gasteiger partial charge in [0, 0.05) is 24.4 Å². The molecule has 82 valence electrons. The van der Waals surface area contributed by atoms with Crippen LogP contribution in [-0.2, 0) is 4.74 Å². The van der Waals surface area contributed by atoms with Gasteiger partial charge in [0.25, 0.3) is 0 Å². The third kappa shape index (κ3) is 1.86. The van der Waals surface area contributed by atoms with Gasteiger partial charge in [-0.05, 0) is 32.8 Å². The smallest absolute Gasteiger partial charge is 0.0860 e. The van der Waals surface area contributed by atoms with Crippen LogP contribution in [0.4, 0.5) is 5.69 Å². The Bertz CT molecular complexity index is 373. The Morgan fingerprint density at radius 2 is 2.07 bits per heavy atom. The van der Waals surface area contributed by atoms with Gasteiger partial charge >= 0.3 is 0 Å². The maximum Gasteiger partial charge on any atom is 0.0860 e. The van der Waals surface area contributed by atoms with Crippen molar-refractivity contribution in [3.05, 3.63) is 28.8 Å². The summed E-state index contributed by atoms with van der Waals surface area (Å²) < 4.78 is 5.56. The lowest BCUT2D eigenvalue weighted by atomic mass is 9.92. The van der Waals surface area contributed by atoms with Gasteiger partial charge in [-0.2, -0.15) is 0 Å². The molecular formula is C13H19NO. The van der Waals surface area contributed by atoms with E-state index in [2.05, 4.69) is 38.2 Å². The van der Waals surface area contributed by atoms with Crippen LogP contribution in [0.3, 0.4) is 0 Å². The Balaban J connectivity index is 2.51. The van der Waals surface area contributed by atoms with Crippen molar-refractivity contribution in [2.45, 2.75) is 39.3 Å². The fraction of sp³-hybridized carbons (Fsp3) is 0.538. The van der Waals surface area contributed by atoms with Crippen LogP contribution in [0, 0.1) is 13.8 Å². The average molecular weight is 205 g/mol.